The molecule has 0 aliphatic heterocycles. The lowest BCUT2D eigenvalue weighted by Crippen LogP contribution is -1.99. The van der Waals surface area contributed by atoms with Gasteiger partial charge in [-0.05, 0) is 24.3 Å². The van der Waals surface area contributed by atoms with Crippen molar-refractivity contribution in [2.75, 3.05) is 0 Å². The number of hydrogen-bond donors (Lipinski definition) is 2. The molecule has 0 aliphatic carbocycles. The van der Waals surface area contributed by atoms with E-state index >= 15 is 0 Å². The molecule has 2 rings (SSSR count). The number of phenolic OH excluding ortho intramolecular Hbond substituents is 1. The number of aromatic hydroxyl groups is 1. The van der Waals surface area contributed by atoms with Crippen molar-refractivity contribution in [2.45, 2.75) is 13.3 Å². The monoisotopic (exact) mass is 272 g/mol. The number of phenols is 1. The molecule has 0 radical (unpaired) electrons. The second-order valence-electron chi connectivity index (χ2n) is 3.99. The van der Waals surface area contributed by atoms with Crippen molar-refractivity contribution >= 4 is 11.8 Å². The summed E-state index contributed by atoms with van der Waals surface area (Å²) >= 11 is 0. The lowest BCUT2D eigenvalue weighted by Gasteiger charge is -2.00. The van der Waals surface area contributed by atoms with Crippen LogP contribution in [0.4, 0.5) is 0 Å². The third-order valence-corrected chi connectivity index (χ3v) is 2.47. The van der Waals surface area contributed by atoms with Crippen molar-refractivity contribution < 1.29 is 19.8 Å². The summed E-state index contributed by atoms with van der Waals surface area (Å²) in [6, 6.07) is 15.3. The van der Waals surface area contributed by atoms with Crippen LogP contribution in [0.5, 0.6) is 5.75 Å². The van der Waals surface area contributed by atoms with Crippen molar-refractivity contribution in [2.24, 2.45) is 0 Å². The molecule has 0 saturated carbocycles. The summed E-state index contributed by atoms with van der Waals surface area (Å²) in [5.74, 6) is -0.611. The highest BCUT2D eigenvalue weighted by Crippen LogP contribution is 2.13. The predicted molar refractivity (Wildman–Crippen MR) is 75.9 cm³/mol. The van der Waals surface area contributed by atoms with Gasteiger partial charge in [-0.3, -0.25) is 9.59 Å². The van der Waals surface area contributed by atoms with Gasteiger partial charge in [-0.15, -0.1) is 0 Å². The molecular weight excluding hydrogens is 256 g/mol. The Balaban J connectivity index is 0.000000347. The minimum absolute atomic E-state index is 0.0319. The van der Waals surface area contributed by atoms with Crippen LogP contribution in [0.25, 0.3) is 0 Å². The quantitative estimate of drug-likeness (QED) is 0.842. The molecule has 2 aromatic rings. The van der Waals surface area contributed by atoms with Gasteiger partial charge in [-0.1, -0.05) is 37.3 Å². The van der Waals surface area contributed by atoms with Gasteiger partial charge in [0, 0.05) is 17.5 Å². The van der Waals surface area contributed by atoms with Gasteiger partial charge >= 0.3 is 5.97 Å². The zero-order valence-corrected chi connectivity index (χ0v) is 11.1. The van der Waals surface area contributed by atoms with Crippen molar-refractivity contribution in [1.82, 2.24) is 0 Å². The molecule has 0 aromatic heterocycles. The van der Waals surface area contributed by atoms with E-state index in [4.69, 9.17) is 10.2 Å². The molecule has 0 atom stereocenters. The SMILES string of the molecule is CCC(=O)O.O=C(c1ccccc1)c1ccc(O)cc1. The van der Waals surface area contributed by atoms with Crippen LogP contribution in [0, 0.1) is 0 Å². The van der Waals surface area contributed by atoms with Gasteiger partial charge in [0.25, 0.3) is 0 Å². The number of hydrogen-bond acceptors (Lipinski definition) is 3. The number of carboxylic acids is 1. The van der Waals surface area contributed by atoms with E-state index in [-0.39, 0.29) is 18.0 Å². The average Bonchev–Trinajstić information content (AvgIpc) is 2.49. The van der Waals surface area contributed by atoms with E-state index in [2.05, 4.69) is 0 Å². The molecule has 20 heavy (non-hydrogen) atoms. The van der Waals surface area contributed by atoms with Gasteiger partial charge in [-0.2, -0.15) is 0 Å². The fourth-order valence-electron chi connectivity index (χ4n) is 1.37. The lowest BCUT2D eigenvalue weighted by molar-refractivity contribution is -0.136. The van der Waals surface area contributed by atoms with Crippen molar-refractivity contribution in [3.8, 4) is 5.75 Å². The molecule has 0 heterocycles. The Bertz CT molecular complexity index is 559. The van der Waals surface area contributed by atoms with E-state index in [9.17, 15) is 9.59 Å². The first-order valence-electron chi connectivity index (χ1n) is 6.15. The number of rotatable bonds is 3. The van der Waals surface area contributed by atoms with E-state index in [0.29, 0.717) is 11.1 Å². The van der Waals surface area contributed by atoms with E-state index in [0.717, 1.165) is 0 Å². The molecule has 2 N–H and O–H groups in total. The van der Waals surface area contributed by atoms with Crippen LogP contribution in [0.3, 0.4) is 0 Å². The maximum absolute atomic E-state index is 11.9. The molecule has 0 amide bonds. The van der Waals surface area contributed by atoms with Crippen LogP contribution in [0.15, 0.2) is 54.6 Å². The maximum Gasteiger partial charge on any atom is 0.303 e. The minimum Gasteiger partial charge on any atom is -0.508 e. The van der Waals surface area contributed by atoms with Crippen LogP contribution in [-0.2, 0) is 4.79 Å². The summed E-state index contributed by atoms with van der Waals surface area (Å²) in [6.45, 7) is 1.60. The summed E-state index contributed by atoms with van der Waals surface area (Å²) < 4.78 is 0. The third-order valence-electron chi connectivity index (χ3n) is 2.47. The van der Waals surface area contributed by atoms with Gasteiger partial charge in [-0.25, -0.2) is 0 Å². The van der Waals surface area contributed by atoms with E-state index in [1.54, 1.807) is 31.2 Å². The third kappa shape index (κ3) is 4.94. The zero-order valence-electron chi connectivity index (χ0n) is 11.1. The van der Waals surface area contributed by atoms with E-state index < -0.39 is 5.97 Å². The Labute approximate surface area is 117 Å². The highest BCUT2D eigenvalue weighted by atomic mass is 16.4. The molecule has 4 heteroatoms. The fourth-order valence-corrected chi connectivity index (χ4v) is 1.37. The molecule has 0 bridgehead atoms. The van der Waals surface area contributed by atoms with Crippen LogP contribution < -0.4 is 0 Å². The Morgan fingerprint density at radius 1 is 0.900 bits per heavy atom. The minimum atomic E-state index is -0.745. The second-order valence-corrected chi connectivity index (χ2v) is 3.99. The van der Waals surface area contributed by atoms with Gasteiger partial charge in [0.1, 0.15) is 5.75 Å². The first-order chi connectivity index (χ1) is 9.54. The Morgan fingerprint density at radius 3 is 1.80 bits per heavy atom. The zero-order chi connectivity index (χ0) is 15.0. The molecular formula is C16H16O4. The average molecular weight is 272 g/mol. The van der Waals surface area contributed by atoms with Crippen LogP contribution in [0.1, 0.15) is 29.3 Å². The van der Waals surface area contributed by atoms with Crippen LogP contribution >= 0.6 is 0 Å². The van der Waals surface area contributed by atoms with E-state index in [1.165, 1.54) is 12.1 Å². The molecule has 104 valence electrons. The van der Waals surface area contributed by atoms with Gasteiger partial charge in [0.2, 0.25) is 0 Å². The summed E-state index contributed by atoms with van der Waals surface area (Å²) in [7, 11) is 0. The van der Waals surface area contributed by atoms with Crippen molar-refractivity contribution in [3.05, 3.63) is 65.7 Å². The largest absolute Gasteiger partial charge is 0.508 e. The fraction of sp³-hybridized carbons (Fsp3) is 0.125. The molecule has 0 unspecified atom stereocenters. The summed E-state index contributed by atoms with van der Waals surface area (Å²) in [5, 5.41) is 16.8. The highest BCUT2D eigenvalue weighted by Gasteiger charge is 2.07. The number of carboxylic acid groups (broad SMARTS) is 1. The summed E-state index contributed by atoms with van der Waals surface area (Å²) in [5.41, 5.74) is 1.24. The Hall–Kier alpha value is -2.62. The first kappa shape index (κ1) is 15.4. The molecule has 2 aromatic carbocycles. The van der Waals surface area contributed by atoms with Gasteiger partial charge in [0.15, 0.2) is 5.78 Å². The van der Waals surface area contributed by atoms with Crippen LogP contribution in [0.2, 0.25) is 0 Å². The molecule has 0 spiro atoms. The normalized spacial score (nSPS) is 9.25. The number of aliphatic carboxylic acids is 1. The van der Waals surface area contributed by atoms with E-state index in [1.807, 2.05) is 18.2 Å². The first-order valence-corrected chi connectivity index (χ1v) is 6.15. The molecule has 0 saturated heterocycles. The van der Waals surface area contributed by atoms with Gasteiger partial charge < -0.3 is 10.2 Å². The number of carbonyl (C=O) groups excluding carboxylic acids is 1. The lowest BCUT2D eigenvalue weighted by atomic mass is 10.0. The summed E-state index contributed by atoms with van der Waals surface area (Å²) in [4.78, 5) is 21.2. The maximum atomic E-state index is 11.9. The summed E-state index contributed by atoms with van der Waals surface area (Å²) in [6.07, 6.45) is 0.222. The van der Waals surface area contributed by atoms with Crippen molar-refractivity contribution in [3.63, 3.8) is 0 Å². The van der Waals surface area contributed by atoms with Crippen molar-refractivity contribution in [1.29, 1.82) is 0 Å². The number of benzene rings is 2. The molecule has 4 nitrogen and oxygen atoms in total. The second kappa shape index (κ2) is 7.74. The number of carbonyl (C=O) groups is 2. The topological polar surface area (TPSA) is 74.6 Å². The van der Waals surface area contributed by atoms with Crippen LogP contribution in [-0.4, -0.2) is 22.0 Å². The highest BCUT2D eigenvalue weighted by molar-refractivity contribution is 6.08. The predicted octanol–water partition coefficient (Wildman–Crippen LogP) is 3.10. The number of ketones is 1. The Kier molecular flexibility index (Phi) is 5.97. The molecule has 0 fully saturated rings. The van der Waals surface area contributed by atoms with Gasteiger partial charge in [0.05, 0.1) is 0 Å². The Morgan fingerprint density at radius 2 is 1.35 bits per heavy atom. The smallest absolute Gasteiger partial charge is 0.303 e. The standard InChI is InChI=1S/C13H10O2.C3H6O2/c14-12-8-6-11(7-9-12)13(15)10-4-2-1-3-5-10;1-2-3(4)5/h1-9,14H;2H2,1H3,(H,4,5). The molecule has 0 aliphatic rings.